The average molecular weight is 224 g/mol. The van der Waals surface area contributed by atoms with E-state index >= 15 is 0 Å². The number of carbonyl (C=O) groups excluding carboxylic acids is 1. The van der Waals surface area contributed by atoms with E-state index in [9.17, 15) is 4.79 Å². The maximum atomic E-state index is 11.6. The lowest BCUT2D eigenvalue weighted by Gasteiger charge is -2.09. The number of aliphatic hydroxyl groups is 1. The zero-order valence-electron chi connectivity index (χ0n) is 9.47. The minimum absolute atomic E-state index is 0.0975. The molecule has 0 saturated carbocycles. The number of carbonyl (C=O) groups is 1. The molecule has 0 bridgehead atoms. The fourth-order valence-electron chi connectivity index (χ4n) is 1.19. The maximum absolute atomic E-state index is 11.6. The van der Waals surface area contributed by atoms with Crippen LogP contribution in [0.4, 0.5) is 0 Å². The van der Waals surface area contributed by atoms with Crippen LogP contribution in [0.2, 0.25) is 0 Å². The van der Waals surface area contributed by atoms with Crippen LogP contribution in [-0.4, -0.2) is 23.8 Å². The SMILES string of the molecule is CC(C)OC(=O)C(=Cc1ccco1)CCO. The molecular formula is C12H16O4. The van der Waals surface area contributed by atoms with Crippen LogP contribution in [0.25, 0.3) is 6.08 Å². The van der Waals surface area contributed by atoms with Gasteiger partial charge in [-0.15, -0.1) is 0 Å². The molecule has 1 aromatic heterocycles. The largest absolute Gasteiger partial charge is 0.465 e. The third kappa shape index (κ3) is 3.90. The van der Waals surface area contributed by atoms with Gasteiger partial charge >= 0.3 is 5.97 Å². The normalized spacial score (nSPS) is 11.9. The molecule has 0 aromatic carbocycles. The number of hydrogen-bond acceptors (Lipinski definition) is 4. The highest BCUT2D eigenvalue weighted by Gasteiger charge is 2.12. The molecule has 0 amide bonds. The molecule has 4 heteroatoms. The van der Waals surface area contributed by atoms with Crippen molar-refractivity contribution in [1.29, 1.82) is 0 Å². The van der Waals surface area contributed by atoms with Crippen molar-refractivity contribution in [2.75, 3.05) is 6.61 Å². The Balaban J connectivity index is 2.78. The van der Waals surface area contributed by atoms with Crippen LogP contribution in [0.5, 0.6) is 0 Å². The van der Waals surface area contributed by atoms with E-state index in [0.717, 1.165) is 0 Å². The third-order valence-electron chi connectivity index (χ3n) is 1.85. The lowest BCUT2D eigenvalue weighted by molar-refractivity contribution is -0.142. The fourth-order valence-corrected chi connectivity index (χ4v) is 1.19. The first kappa shape index (κ1) is 12.5. The highest BCUT2D eigenvalue weighted by atomic mass is 16.5. The second-order valence-electron chi connectivity index (χ2n) is 3.61. The van der Waals surface area contributed by atoms with Crippen molar-refractivity contribution in [2.45, 2.75) is 26.4 Å². The summed E-state index contributed by atoms with van der Waals surface area (Å²) < 4.78 is 10.2. The monoisotopic (exact) mass is 224 g/mol. The van der Waals surface area contributed by atoms with E-state index in [2.05, 4.69) is 0 Å². The Morgan fingerprint density at radius 1 is 1.62 bits per heavy atom. The molecule has 88 valence electrons. The van der Waals surface area contributed by atoms with Crippen molar-refractivity contribution in [1.82, 2.24) is 0 Å². The van der Waals surface area contributed by atoms with Crippen molar-refractivity contribution in [2.24, 2.45) is 0 Å². The molecule has 0 fully saturated rings. The van der Waals surface area contributed by atoms with Gasteiger partial charge in [-0.25, -0.2) is 4.79 Å². The van der Waals surface area contributed by atoms with E-state index < -0.39 is 5.97 Å². The van der Waals surface area contributed by atoms with Gasteiger partial charge in [-0.3, -0.25) is 0 Å². The highest BCUT2D eigenvalue weighted by molar-refractivity contribution is 5.93. The van der Waals surface area contributed by atoms with Crippen LogP contribution >= 0.6 is 0 Å². The van der Waals surface area contributed by atoms with Crippen LogP contribution in [0.3, 0.4) is 0 Å². The van der Waals surface area contributed by atoms with Gasteiger partial charge in [0.05, 0.1) is 12.4 Å². The van der Waals surface area contributed by atoms with E-state index in [1.54, 1.807) is 32.1 Å². The summed E-state index contributed by atoms with van der Waals surface area (Å²) in [7, 11) is 0. The standard InChI is InChI=1S/C12H16O4/c1-9(2)16-12(14)10(5-6-13)8-11-4-3-7-15-11/h3-4,7-9,13H,5-6H2,1-2H3. The number of furan rings is 1. The van der Waals surface area contributed by atoms with Gasteiger partial charge in [0.25, 0.3) is 0 Å². The van der Waals surface area contributed by atoms with Gasteiger partial charge in [0.15, 0.2) is 0 Å². The topological polar surface area (TPSA) is 59.7 Å². The molecule has 0 aliphatic carbocycles. The van der Waals surface area contributed by atoms with Crippen molar-refractivity contribution >= 4 is 12.0 Å². The summed E-state index contributed by atoms with van der Waals surface area (Å²) in [5.41, 5.74) is 0.408. The third-order valence-corrected chi connectivity index (χ3v) is 1.85. The van der Waals surface area contributed by atoms with Crippen LogP contribution in [0.1, 0.15) is 26.0 Å². The molecule has 0 atom stereocenters. The van der Waals surface area contributed by atoms with Crippen LogP contribution in [0, 0.1) is 0 Å². The molecule has 4 nitrogen and oxygen atoms in total. The van der Waals surface area contributed by atoms with E-state index in [1.165, 1.54) is 6.26 Å². The number of esters is 1. The Bertz CT molecular complexity index is 349. The maximum Gasteiger partial charge on any atom is 0.334 e. The van der Waals surface area contributed by atoms with Crippen molar-refractivity contribution < 1.29 is 19.1 Å². The molecule has 1 heterocycles. The molecule has 16 heavy (non-hydrogen) atoms. The molecule has 0 aliphatic heterocycles. The lowest BCUT2D eigenvalue weighted by Crippen LogP contribution is -2.14. The summed E-state index contributed by atoms with van der Waals surface area (Å²) in [5.74, 6) is 0.157. The second kappa shape index (κ2) is 6.12. The summed E-state index contributed by atoms with van der Waals surface area (Å²) in [6.07, 6.45) is 3.19. The van der Waals surface area contributed by atoms with Crippen molar-refractivity contribution in [3.8, 4) is 0 Å². The molecular weight excluding hydrogens is 208 g/mol. The first-order valence-electron chi connectivity index (χ1n) is 5.19. The number of rotatable bonds is 5. The van der Waals surface area contributed by atoms with Gasteiger partial charge in [-0.2, -0.15) is 0 Å². The Kier molecular flexibility index (Phi) is 4.79. The molecule has 0 unspecified atom stereocenters. The zero-order valence-corrected chi connectivity index (χ0v) is 9.47. The molecule has 0 radical (unpaired) electrons. The minimum atomic E-state index is -0.416. The van der Waals surface area contributed by atoms with Crippen LogP contribution < -0.4 is 0 Å². The molecule has 0 saturated heterocycles. The minimum Gasteiger partial charge on any atom is -0.465 e. The summed E-state index contributed by atoms with van der Waals surface area (Å²) in [6, 6.07) is 3.47. The van der Waals surface area contributed by atoms with E-state index in [1.807, 2.05) is 0 Å². The predicted octanol–water partition coefficient (Wildman–Crippen LogP) is 2.00. The smallest absolute Gasteiger partial charge is 0.334 e. The molecule has 0 spiro atoms. The Morgan fingerprint density at radius 3 is 2.88 bits per heavy atom. The summed E-state index contributed by atoms with van der Waals surface area (Å²) in [6.45, 7) is 3.46. The highest BCUT2D eigenvalue weighted by Crippen LogP contribution is 2.12. The number of aliphatic hydroxyl groups excluding tert-OH is 1. The van der Waals surface area contributed by atoms with Gasteiger partial charge in [-0.1, -0.05) is 0 Å². The van der Waals surface area contributed by atoms with Crippen molar-refractivity contribution in [3.05, 3.63) is 29.7 Å². The van der Waals surface area contributed by atoms with Crippen LogP contribution in [-0.2, 0) is 9.53 Å². The predicted molar refractivity (Wildman–Crippen MR) is 59.6 cm³/mol. The first-order valence-corrected chi connectivity index (χ1v) is 5.19. The fraction of sp³-hybridized carbons (Fsp3) is 0.417. The molecule has 0 aliphatic rings. The summed E-state index contributed by atoms with van der Waals surface area (Å²) in [4.78, 5) is 11.6. The number of ether oxygens (including phenoxy) is 1. The Labute approximate surface area is 94.5 Å². The lowest BCUT2D eigenvalue weighted by atomic mass is 10.1. The van der Waals surface area contributed by atoms with Crippen LogP contribution in [0.15, 0.2) is 28.4 Å². The molecule has 1 aromatic rings. The van der Waals surface area contributed by atoms with Crippen molar-refractivity contribution in [3.63, 3.8) is 0 Å². The van der Waals surface area contributed by atoms with Gasteiger partial charge in [-0.05, 0) is 32.1 Å². The Hall–Kier alpha value is -1.55. The first-order chi connectivity index (χ1) is 7.63. The summed E-state index contributed by atoms with van der Waals surface area (Å²) >= 11 is 0. The van der Waals surface area contributed by atoms with E-state index in [-0.39, 0.29) is 19.1 Å². The van der Waals surface area contributed by atoms with E-state index in [0.29, 0.717) is 11.3 Å². The second-order valence-corrected chi connectivity index (χ2v) is 3.61. The van der Waals surface area contributed by atoms with Gasteiger partial charge in [0, 0.05) is 18.6 Å². The average Bonchev–Trinajstić information content (AvgIpc) is 2.68. The summed E-state index contributed by atoms with van der Waals surface area (Å²) in [5, 5.41) is 8.87. The quantitative estimate of drug-likeness (QED) is 0.613. The zero-order chi connectivity index (χ0) is 12.0. The van der Waals surface area contributed by atoms with Gasteiger partial charge in [0.1, 0.15) is 5.76 Å². The number of hydrogen-bond donors (Lipinski definition) is 1. The molecule has 1 N–H and O–H groups in total. The molecule has 1 rings (SSSR count). The van der Waals surface area contributed by atoms with Gasteiger partial charge in [0.2, 0.25) is 0 Å². The van der Waals surface area contributed by atoms with Gasteiger partial charge < -0.3 is 14.3 Å². The van der Waals surface area contributed by atoms with E-state index in [4.69, 9.17) is 14.3 Å². The Morgan fingerprint density at radius 2 is 2.38 bits per heavy atom.